The Kier molecular flexibility index (Phi) is 8.96. The molecule has 0 aliphatic rings. The predicted octanol–water partition coefficient (Wildman–Crippen LogP) is 3.46. The summed E-state index contributed by atoms with van der Waals surface area (Å²) in [6.45, 7) is 8.49. The van der Waals surface area contributed by atoms with Crippen LogP contribution in [0.1, 0.15) is 29.7 Å². The second-order valence-corrected chi connectivity index (χ2v) is 6.20. The summed E-state index contributed by atoms with van der Waals surface area (Å²) in [5.74, 6) is 1.65. The monoisotopic (exact) mass is 410 g/mol. The Bertz CT molecular complexity index is 878. The maximum absolute atomic E-state index is 5.67. The van der Waals surface area contributed by atoms with Gasteiger partial charge in [0, 0.05) is 24.0 Å². The molecule has 6 nitrogen and oxygen atoms in total. The van der Waals surface area contributed by atoms with Crippen molar-refractivity contribution < 1.29 is 0 Å². The molecule has 0 bridgehead atoms. The third-order valence-corrected chi connectivity index (χ3v) is 4.52. The Balaban J connectivity index is 0.00000182. The van der Waals surface area contributed by atoms with Crippen molar-refractivity contribution in [1.82, 2.24) is 19.7 Å². The van der Waals surface area contributed by atoms with E-state index in [0.717, 1.165) is 47.7 Å². The van der Waals surface area contributed by atoms with E-state index in [0.29, 0.717) is 13.0 Å². The minimum atomic E-state index is 0. The average molecular weight is 411 g/mol. The summed E-state index contributed by atoms with van der Waals surface area (Å²) >= 11 is 0. The van der Waals surface area contributed by atoms with Gasteiger partial charge in [-0.2, -0.15) is 5.10 Å². The number of aromatic nitrogens is 4. The summed E-state index contributed by atoms with van der Waals surface area (Å²) < 4.78 is 2.07. The molecule has 2 aromatic heterocycles. The number of para-hydroxylation sites is 1. The zero-order valence-electron chi connectivity index (χ0n) is 16.0. The van der Waals surface area contributed by atoms with Crippen molar-refractivity contribution in [3.63, 3.8) is 0 Å². The second-order valence-electron chi connectivity index (χ2n) is 6.20. The van der Waals surface area contributed by atoms with Gasteiger partial charge in [0.15, 0.2) is 0 Å². The summed E-state index contributed by atoms with van der Waals surface area (Å²) in [4.78, 5) is 9.23. The number of rotatable bonds is 7. The Hall–Kier alpha value is -1.89. The van der Waals surface area contributed by atoms with Gasteiger partial charge in [0.25, 0.3) is 0 Å². The van der Waals surface area contributed by atoms with E-state index in [1.807, 2.05) is 24.3 Å². The van der Waals surface area contributed by atoms with Crippen LogP contribution in [0.2, 0.25) is 0 Å². The van der Waals surface area contributed by atoms with Crippen LogP contribution in [0.5, 0.6) is 0 Å². The molecule has 1 aromatic carbocycles. The fraction of sp³-hybridized carbons (Fsp3) is 0.421. The van der Waals surface area contributed by atoms with Crippen molar-refractivity contribution >= 4 is 41.5 Å². The molecule has 0 amide bonds. The van der Waals surface area contributed by atoms with Crippen molar-refractivity contribution in [2.45, 2.75) is 40.2 Å². The maximum Gasteiger partial charge on any atom is 0.137 e. The zero-order valence-corrected chi connectivity index (χ0v) is 17.7. The van der Waals surface area contributed by atoms with E-state index in [-0.39, 0.29) is 24.8 Å². The highest BCUT2D eigenvalue weighted by Crippen LogP contribution is 2.20. The Morgan fingerprint density at radius 1 is 1.11 bits per heavy atom. The van der Waals surface area contributed by atoms with Crippen molar-refractivity contribution in [3.8, 4) is 0 Å². The molecule has 0 saturated heterocycles. The number of hydrogen-bond acceptors (Lipinski definition) is 5. The lowest BCUT2D eigenvalue weighted by atomic mass is 10.1. The molecule has 0 aliphatic carbocycles. The molecule has 0 radical (unpaired) electrons. The molecule has 0 atom stereocenters. The van der Waals surface area contributed by atoms with Gasteiger partial charge in [-0.3, -0.25) is 4.68 Å². The number of aryl methyl sites for hydroxylation is 1. The van der Waals surface area contributed by atoms with Gasteiger partial charge in [0.05, 0.1) is 17.8 Å². The Morgan fingerprint density at radius 3 is 2.52 bits per heavy atom. The van der Waals surface area contributed by atoms with Gasteiger partial charge in [-0.05, 0) is 44.5 Å². The summed E-state index contributed by atoms with van der Waals surface area (Å²) in [5, 5.41) is 9.14. The molecule has 2 heterocycles. The second kappa shape index (κ2) is 10.4. The van der Waals surface area contributed by atoms with Crippen LogP contribution in [0.3, 0.4) is 0 Å². The lowest BCUT2D eigenvalue weighted by Gasteiger charge is -2.11. The maximum atomic E-state index is 5.67. The van der Waals surface area contributed by atoms with Gasteiger partial charge in [-0.25, -0.2) is 9.97 Å². The minimum Gasteiger partial charge on any atom is -0.368 e. The predicted molar refractivity (Wildman–Crippen MR) is 116 cm³/mol. The SMILES string of the molecule is CCc1c(C)nn(CCNc2nc(CCN)nc3ccccc23)c1C.Cl.Cl. The quantitative estimate of drug-likeness (QED) is 0.622. The minimum absolute atomic E-state index is 0. The van der Waals surface area contributed by atoms with Crippen LogP contribution in [0.25, 0.3) is 10.9 Å². The molecular formula is C19H28Cl2N6. The summed E-state index contributed by atoms with van der Waals surface area (Å²) in [6, 6.07) is 8.06. The molecule has 0 unspecified atom stereocenters. The molecule has 148 valence electrons. The molecule has 0 spiro atoms. The first-order valence-corrected chi connectivity index (χ1v) is 8.86. The smallest absolute Gasteiger partial charge is 0.137 e. The molecule has 3 aromatic rings. The molecule has 0 fully saturated rings. The van der Waals surface area contributed by atoms with E-state index >= 15 is 0 Å². The lowest BCUT2D eigenvalue weighted by Crippen LogP contribution is -2.15. The standard InChI is InChI=1S/C19H26N6.2ClH/c1-4-15-13(2)24-25(14(15)3)12-11-21-19-16-7-5-6-8-17(16)22-18(23-19)9-10-20;;/h5-8H,4,9-12,20H2,1-3H3,(H,21,22,23);2*1H. The molecule has 8 heteroatoms. The first-order chi connectivity index (χ1) is 12.1. The van der Waals surface area contributed by atoms with Gasteiger partial charge in [0.1, 0.15) is 11.6 Å². The fourth-order valence-corrected chi connectivity index (χ4v) is 3.24. The highest BCUT2D eigenvalue weighted by Gasteiger charge is 2.10. The normalized spacial score (nSPS) is 10.4. The highest BCUT2D eigenvalue weighted by atomic mass is 35.5. The molecule has 27 heavy (non-hydrogen) atoms. The van der Waals surface area contributed by atoms with Crippen molar-refractivity contribution in [1.29, 1.82) is 0 Å². The first kappa shape index (κ1) is 23.1. The van der Waals surface area contributed by atoms with Crippen LogP contribution >= 0.6 is 24.8 Å². The molecule has 0 saturated carbocycles. The average Bonchev–Trinajstić information content (AvgIpc) is 2.88. The fourth-order valence-electron chi connectivity index (χ4n) is 3.24. The lowest BCUT2D eigenvalue weighted by molar-refractivity contribution is 0.613. The van der Waals surface area contributed by atoms with Crippen molar-refractivity contribution in [3.05, 3.63) is 47.0 Å². The third-order valence-electron chi connectivity index (χ3n) is 4.52. The largest absolute Gasteiger partial charge is 0.368 e. The number of fused-ring (bicyclic) bond motifs is 1. The zero-order chi connectivity index (χ0) is 17.8. The van der Waals surface area contributed by atoms with E-state index in [9.17, 15) is 0 Å². The molecule has 3 rings (SSSR count). The number of nitrogens with one attached hydrogen (secondary N) is 1. The number of nitrogens with two attached hydrogens (primary N) is 1. The van der Waals surface area contributed by atoms with Crippen molar-refractivity contribution in [2.24, 2.45) is 5.73 Å². The van der Waals surface area contributed by atoms with Crippen LogP contribution in [0, 0.1) is 13.8 Å². The summed E-state index contributed by atoms with van der Waals surface area (Å²) in [5.41, 5.74) is 10.3. The number of nitrogens with zero attached hydrogens (tertiary/aromatic N) is 4. The van der Waals surface area contributed by atoms with E-state index in [1.165, 1.54) is 11.3 Å². The Morgan fingerprint density at radius 2 is 1.85 bits per heavy atom. The van der Waals surface area contributed by atoms with E-state index in [1.54, 1.807) is 0 Å². The Labute approximate surface area is 172 Å². The van der Waals surface area contributed by atoms with E-state index in [2.05, 4.69) is 45.8 Å². The molecule has 0 aliphatic heterocycles. The van der Waals surface area contributed by atoms with Crippen LogP contribution < -0.4 is 11.1 Å². The van der Waals surface area contributed by atoms with Crippen LogP contribution in [-0.2, 0) is 19.4 Å². The molecule has 3 N–H and O–H groups in total. The highest BCUT2D eigenvalue weighted by molar-refractivity contribution is 5.89. The summed E-state index contributed by atoms with van der Waals surface area (Å²) in [6.07, 6.45) is 1.70. The number of benzene rings is 1. The van der Waals surface area contributed by atoms with Crippen molar-refractivity contribution in [2.75, 3.05) is 18.4 Å². The van der Waals surface area contributed by atoms with E-state index < -0.39 is 0 Å². The summed E-state index contributed by atoms with van der Waals surface area (Å²) in [7, 11) is 0. The topological polar surface area (TPSA) is 81.7 Å². The molecular weight excluding hydrogens is 383 g/mol. The number of hydrogen-bond donors (Lipinski definition) is 2. The van der Waals surface area contributed by atoms with Gasteiger partial charge < -0.3 is 11.1 Å². The van der Waals surface area contributed by atoms with Crippen LogP contribution in [0.15, 0.2) is 24.3 Å². The van der Waals surface area contributed by atoms with E-state index in [4.69, 9.17) is 5.73 Å². The van der Waals surface area contributed by atoms with Crippen LogP contribution in [-0.4, -0.2) is 32.8 Å². The number of anilines is 1. The van der Waals surface area contributed by atoms with Gasteiger partial charge in [0.2, 0.25) is 0 Å². The van der Waals surface area contributed by atoms with Gasteiger partial charge in [-0.1, -0.05) is 19.1 Å². The van der Waals surface area contributed by atoms with Gasteiger partial charge in [-0.15, -0.1) is 24.8 Å². The third kappa shape index (κ3) is 5.09. The number of halogens is 2. The van der Waals surface area contributed by atoms with Gasteiger partial charge >= 0.3 is 0 Å². The first-order valence-electron chi connectivity index (χ1n) is 8.86. The van der Waals surface area contributed by atoms with Crippen LogP contribution in [0.4, 0.5) is 5.82 Å².